The second kappa shape index (κ2) is 10.9. The van der Waals surface area contributed by atoms with Crippen molar-refractivity contribution in [2.75, 3.05) is 0 Å². The summed E-state index contributed by atoms with van der Waals surface area (Å²) in [5.41, 5.74) is 7.27. The Hall–Kier alpha value is -3.23. The average Bonchev–Trinajstić information content (AvgIpc) is 3.29. The third-order valence-corrected chi connectivity index (χ3v) is 9.73. The van der Waals surface area contributed by atoms with Gasteiger partial charge in [0.1, 0.15) is 11.2 Å². The molecule has 6 aromatic rings. The van der Waals surface area contributed by atoms with Crippen LogP contribution >= 0.6 is 11.3 Å². The van der Waals surface area contributed by atoms with E-state index in [0.717, 1.165) is 32.2 Å². The molecular weight excluding hydrogens is 515 g/mol. The second-order valence-corrected chi connectivity index (χ2v) is 14.3. The van der Waals surface area contributed by atoms with Crippen LogP contribution in [0.3, 0.4) is 0 Å². The molecule has 2 heteroatoms. The van der Waals surface area contributed by atoms with Crippen LogP contribution in [0.4, 0.5) is 0 Å². The normalized spacial score (nSPS) is 12.5. The van der Waals surface area contributed by atoms with Crippen LogP contribution in [-0.2, 0) is 24.8 Å². The predicted molar refractivity (Wildman–Crippen MR) is 182 cm³/mol. The first-order chi connectivity index (χ1) is 19.7. The molecule has 0 aliphatic carbocycles. The quantitative estimate of drug-likeness (QED) is 0.172. The maximum absolute atomic E-state index is 2.55. The van der Waals surface area contributed by atoms with Gasteiger partial charge >= 0.3 is 0 Å². The van der Waals surface area contributed by atoms with Crippen LogP contribution in [0.15, 0.2) is 72.9 Å². The van der Waals surface area contributed by atoms with Crippen molar-refractivity contribution in [2.45, 2.75) is 86.1 Å². The van der Waals surface area contributed by atoms with E-state index in [4.69, 9.17) is 0 Å². The van der Waals surface area contributed by atoms with Crippen molar-refractivity contribution in [3.63, 3.8) is 0 Å². The highest BCUT2D eigenvalue weighted by Gasteiger charge is 2.28. The van der Waals surface area contributed by atoms with Gasteiger partial charge in [-0.15, -0.1) is 11.3 Å². The minimum absolute atomic E-state index is 0.0489. The Bertz CT molecular complexity index is 1900. The zero-order chi connectivity index (χ0) is 28.9. The molecule has 2 aromatic heterocycles. The van der Waals surface area contributed by atoms with E-state index in [0.29, 0.717) is 5.92 Å². The fourth-order valence-corrected chi connectivity index (χ4v) is 8.06. The zero-order valence-corrected chi connectivity index (χ0v) is 26.7. The first kappa shape index (κ1) is 27.9. The maximum Gasteiger partial charge on any atom is 0.230 e. The van der Waals surface area contributed by atoms with Gasteiger partial charge < -0.3 is 0 Å². The molecule has 0 saturated carbocycles. The molecule has 0 aliphatic heterocycles. The minimum Gasteiger partial charge on any atom is -0.197 e. The van der Waals surface area contributed by atoms with E-state index in [1.54, 1.807) is 0 Å². The molecule has 2 heterocycles. The molecule has 6 rings (SSSR count). The van der Waals surface area contributed by atoms with Gasteiger partial charge in [0.25, 0.3) is 0 Å². The Morgan fingerprint density at radius 3 is 2.27 bits per heavy atom. The fourth-order valence-electron chi connectivity index (χ4n) is 6.77. The van der Waals surface area contributed by atoms with Crippen molar-refractivity contribution in [2.24, 2.45) is 5.92 Å². The summed E-state index contributed by atoms with van der Waals surface area (Å²) >= 11 is 1.99. The Morgan fingerprint density at radius 1 is 0.780 bits per heavy atom. The molecule has 0 atom stereocenters. The van der Waals surface area contributed by atoms with E-state index in [1.165, 1.54) is 69.7 Å². The summed E-state index contributed by atoms with van der Waals surface area (Å²) in [6.07, 6.45) is 6.79. The van der Waals surface area contributed by atoms with Crippen LogP contribution < -0.4 is 4.57 Å². The first-order valence-corrected chi connectivity index (χ1v) is 16.4. The average molecular weight is 559 g/mol. The number of aryl methyl sites for hydroxylation is 2. The number of rotatable bonds is 7. The molecule has 0 N–H and O–H groups in total. The summed E-state index contributed by atoms with van der Waals surface area (Å²) in [6, 6.07) is 25.8. The number of thiophene rings is 1. The maximum atomic E-state index is 2.55. The van der Waals surface area contributed by atoms with Crippen molar-refractivity contribution in [3.8, 4) is 11.3 Å². The highest BCUT2D eigenvalue weighted by atomic mass is 32.1. The molecule has 0 bridgehead atoms. The standard InChI is InChI=1S/C39H44NS/c1-8-13-28-29-16-10-11-17-30(29)35(39(5,6)7)23-34(28)37-38-31(18-20-40(37)19-9-2)33-22-27-15-12-14-26(21-25(3)4)32(27)24-36(33)41-38/h10-12,14-18,20,22-25H,8-9,13,19,21H2,1-7H3/q+1. The van der Waals surface area contributed by atoms with E-state index in [1.807, 2.05) is 11.3 Å². The molecule has 0 fully saturated rings. The van der Waals surface area contributed by atoms with Crippen molar-refractivity contribution >= 4 is 53.1 Å². The SMILES string of the molecule is CCCc1c(-c2c3sc4cc5c(CC(C)C)cccc5cc4c3cc[n+]2CCC)cc(C(C)(C)C)c2ccccc12. The summed E-state index contributed by atoms with van der Waals surface area (Å²) in [4.78, 5) is 0. The molecule has 41 heavy (non-hydrogen) atoms. The van der Waals surface area contributed by atoms with E-state index < -0.39 is 0 Å². The molecule has 0 radical (unpaired) electrons. The van der Waals surface area contributed by atoms with Crippen molar-refractivity contribution in [1.82, 2.24) is 0 Å². The molecule has 0 amide bonds. The Morgan fingerprint density at radius 2 is 1.56 bits per heavy atom. The summed E-state index contributed by atoms with van der Waals surface area (Å²) in [5, 5.41) is 8.36. The number of aromatic nitrogens is 1. The number of benzene rings is 4. The summed E-state index contributed by atoms with van der Waals surface area (Å²) in [7, 11) is 0. The summed E-state index contributed by atoms with van der Waals surface area (Å²) in [6.45, 7) is 17.3. The van der Waals surface area contributed by atoms with Crippen molar-refractivity contribution < 1.29 is 4.57 Å². The van der Waals surface area contributed by atoms with E-state index in [2.05, 4.69) is 126 Å². The predicted octanol–water partition coefficient (Wildman–Crippen LogP) is 11.2. The number of hydrogen-bond donors (Lipinski definition) is 0. The van der Waals surface area contributed by atoms with Crippen molar-refractivity contribution in [3.05, 3.63) is 89.6 Å². The number of nitrogens with zero attached hydrogens (tertiary/aromatic N) is 1. The van der Waals surface area contributed by atoms with Gasteiger partial charge in [-0.2, -0.15) is 4.57 Å². The van der Waals surface area contributed by atoms with Gasteiger partial charge in [-0.3, -0.25) is 0 Å². The minimum atomic E-state index is 0.0489. The summed E-state index contributed by atoms with van der Waals surface area (Å²) in [5.74, 6) is 0.639. The molecule has 4 aromatic carbocycles. The second-order valence-electron chi connectivity index (χ2n) is 13.3. The lowest BCUT2D eigenvalue weighted by Gasteiger charge is -2.24. The zero-order valence-electron chi connectivity index (χ0n) is 25.9. The summed E-state index contributed by atoms with van der Waals surface area (Å²) < 4.78 is 5.36. The van der Waals surface area contributed by atoms with Crippen LogP contribution in [-0.4, -0.2) is 0 Å². The number of hydrogen-bond acceptors (Lipinski definition) is 1. The number of fused-ring (bicyclic) bond motifs is 5. The Balaban J connectivity index is 1.73. The van der Waals surface area contributed by atoms with Gasteiger partial charge in [0, 0.05) is 28.0 Å². The molecular formula is C39H44NS+. The molecule has 0 unspecified atom stereocenters. The van der Waals surface area contributed by atoms with E-state index in [9.17, 15) is 0 Å². The van der Waals surface area contributed by atoms with Gasteiger partial charge in [-0.1, -0.05) is 97.4 Å². The van der Waals surface area contributed by atoms with Crippen LogP contribution in [0.2, 0.25) is 0 Å². The first-order valence-electron chi connectivity index (χ1n) is 15.6. The molecule has 1 nitrogen and oxygen atoms in total. The van der Waals surface area contributed by atoms with Gasteiger partial charge in [-0.05, 0) is 80.6 Å². The lowest BCUT2D eigenvalue weighted by molar-refractivity contribution is -0.685. The molecule has 0 aliphatic rings. The third-order valence-electron chi connectivity index (χ3n) is 8.55. The Labute approximate surface area is 249 Å². The highest BCUT2D eigenvalue weighted by molar-refractivity contribution is 7.26. The smallest absolute Gasteiger partial charge is 0.197 e. The lowest BCUT2D eigenvalue weighted by Crippen LogP contribution is -2.36. The fraction of sp³-hybridized carbons (Fsp3) is 0.359. The molecule has 0 spiro atoms. The van der Waals surface area contributed by atoms with Crippen LogP contribution in [0, 0.1) is 5.92 Å². The highest BCUT2D eigenvalue weighted by Crippen LogP contribution is 2.44. The van der Waals surface area contributed by atoms with E-state index >= 15 is 0 Å². The van der Waals surface area contributed by atoms with Crippen LogP contribution in [0.25, 0.3) is 53.0 Å². The van der Waals surface area contributed by atoms with Gasteiger partial charge in [0.2, 0.25) is 5.69 Å². The monoisotopic (exact) mass is 558 g/mol. The van der Waals surface area contributed by atoms with E-state index in [-0.39, 0.29) is 5.41 Å². The van der Waals surface area contributed by atoms with Crippen LogP contribution in [0.5, 0.6) is 0 Å². The third kappa shape index (κ3) is 4.95. The molecule has 0 saturated heterocycles. The molecule has 210 valence electrons. The van der Waals surface area contributed by atoms with Crippen LogP contribution in [0.1, 0.15) is 78.0 Å². The topological polar surface area (TPSA) is 3.88 Å². The lowest BCUT2D eigenvalue weighted by atomic mass is 9.80. The van der Waals surface area contributed by atoms with Gasteiger partial charge in [-0.25, -0.2) is 0 Å². The number of pyridine rings is 1. The largest absolute Gasteiger partial charge is 0.230 e. The van der Waals surface area contributed by atoms with Gasteiger partial charge in [0.15, 0.2) is 6.20 Å². The van der Waals surface area contributed by atoms with Gasteiger partial charge in [0.05, 0.1) is 5.56 Å². The Kier molecular flexibility index (Phi) is 7.41. The van der Waals surface area contributed by atoms with Crippen molar-refractivity contribution in [1.29, 1.82) is 0 Å².